The molecule has 2 aromatic carbocycles. The Morgan fingerprint density at radius 1 is 0.960 bits per heavy atom. The second-order valence-electron chi connectivity index (χ2n) is 6.09. The van der Waals surface area contributed by atoms with Crippen molar-refractivity contribution in [3.63, 3.8) is 0 Å². The molecule has 3 N–H and O–H groups in total. The average Bonchev–Trinajstić information content (AvgIpc) is 2.66. The molecule has 0 aliphatic carbocycles. The van der Waals surface area contributed by atoms with Gasteiger partial charge in [-0.25, -0.2) is 4.99 Å². The molecule has 0 saturated heterocycles. The van der Waals surface area contributed by atoms with Crippen LogP contribution >= 0.6 is 0 Å². The van der Waals surface area contributed by atoms with Gasteiger partial charge in [0.25, 0.3) is 0 Å². The Bertz CT molecular complexity index is 648. The first-order valence-electron chi connectivity index (χ1n) is 9.09. The molecule has 0 spiro atoms. The van der Waals surface area contributed by atoms with Crippen LogP contribution in [0.4, 0.5) is 0 Å². The van der Waals surface area contributed by atoms with Gasteiger partial charge >= 0.3 is 0 Å². The van der Waals surface area contributed by atoms with Gasteiger partial charge in [0.2, 0.25) is 0 Å². The summed E-state index contributed by atoms with van der Waals surface area (Å²) in [6.45, 7) is 8.86. The van der Waals surface area contributed by atoms with Gasteiger partial charge < -0.3 is 11.1 Å². The van der Waals surface area contributed by atoms with Gasteiger partial charge in [0.1, 0.15) is 0 Å². The summed E-state index contributed by atoms with van der Waals surface area (Å²) in [5.41, 5.74) is 9.88. The molecular weight excluding hydrogens is 308 g/mol. The van der Waals surface area contributed by atoms with Gasteiger partial charge in [0.05, 0.1) is 6.54 Å². The van der Waals surface area contributed by atoms with Gasteiger partial charge in [-0.2, -0.15) is 0 Å². The van der Waals surface area contributed by atoms with E-state index in [0.717, 1.165) is 32.6 Å². The molecule has 25 heavy (non-hydrogen) atoms. The Labute approximate surface area is 151 Å². The zero-order valence-electron chi connectivity index (χ0n) is 15.4. The molecule has 4 nitrogen and oxygen atoms in total. The third kappa shape index (κ3) is 6.59. The van der Waals surface area contributed by atoms with E-state index < -0.39 is 0 Å². The van der Waals surface area contributed by atoms with Gasteiger partial charge in [0.15, 0.2) is 5.96 Å². The van der Waals surface area contributed by atoms with Crippen LogP contribution in [-0.2, 0) is 19.5 Å². The first-order valence-corrected chi connectivity index (χ1v) is 9.09. The summed E-state index contributed by atoms with van der Waals surface area (Å²) in [5, 5.41) is 3.20. The molecule has 2 aromatic rings. The van der Waals surface area contributed by atoms with Crippen LogP contribution in [0.3, 0.4) is 0 Å². The minimum Gasteiger partial charge on any atom is -0.370 e. The van der Waals surface area contributed by atoms with E-state index in [9.17, 15) is 0 Å². The fourth-order valence-electron chi connectivity index (χ4n) is 2.76. The topological polar surface area (TPSA) is 53.6 Å². The number of hydrogen-bond acceptors (Lipinski definition) is 2. The summed E-state index contributed by atoms with van der Waals surface area (Å²) in [6.07, 6.45) is 0.940. The number of nitrogens with zero attached hydrogens (tertiary/aromatic N) is 2. The van der Waals surface area contributed by atoms with Crippen LogP contribution in [-0.4, -0.2) is 30.5 Å². The Balaban J connectivity index is 1.87. The summed E-state index contributed by atoms with van der Waals surface area (Å²) in [5.74, 6) is 0.508. The van der Waals surface area contributed by atoms with Crippen LogP contribution in [0.5, 0.6) is 0 Å². The normalized spacial score (nSPS) is 11.7. The maximum atomic E-state index is 6.02. The molecule has 0 saturated carbocycles. The Morgan fingerprint density at radius 3 is 2.28 bits per heavy atom. The van der Waals surface area contributed by atoms with Crippen molar-refractivity contribution in [2.75, 3.05) is 19.6 Å². The lowest BCUT2D eigenvalue weighted by Crippen LogP contribution is -2.33. The molecule has 0 aliphatic rings. The van der Waals surface area contributed by atoms with Crippen LogP contribution in [0, 0.1) is 0 Å². The molecule has 0 bridgehead atoms. The fraction of sp³-hybridized carbons (Fsp3) is 0.381. The van der Waals surface area contributed by atoms with E-state index in [1.54, 1.807) is 0 Å². The van der Waals surface area contributed by atoms with Crippen LogP contribution in [0.15, 0.2) is 59.6 Å². The molecule has 4 heteroatoms. The van der Waals surface area contributed by atoms with Crippen molar-refractivity contribution in [3.8, 4) is 0 Å². The van der Waals surface area contributed by atoms with E-state index in [1.807, 2.05) is 6.07 Å². The van der Waals surface area contributed by atoms with E-state index in [2.05, 4.69) is 77.6 Å². The van der Waals surface area contributed by atoms with E-state index in [1.165, 1.54) is 16.7 Å². The Hall–Kier alpha value is -2.33. The molecule has 0 aliphatic heterocycles. The van der Waals surface area contributed by atoms with Crippen LogP contribution in [0.25, 0.3) is 0 Å². The van der Waals surface area contributed by atoms with E-state index in [-0.39, 0.29) is 0 Å². The van der Waals surface area contributed by atoms with Crippen molar-refractivity contribution < 1.29 is 0 Å². The van der Waals surface area contributed by atoms with Gasteiger partial charge in [0, 0.05) is 13.1 Å². The third-order valence-corrected chi connectivity index (χ3v) is 4.39. The minimum atomic E-state index is 0.508. The van der Waals surface area contributed by atoms with Crippen LogP contribution in [0.2, 0.25) is 0 Å². The molecule has 0 aromatic heterocycles. The molecule has 0 amide bonds. The van der Waals surface area contributed by atoms with Crippen molar-refractivity contribution in [1.82, 2.24) is 10.2 Å². The number of aliphatic imine (C=N–C) groups is 1. The zero-order chi connectivity index (χ0) is 17.9. The molecule has 134 valence electrons. The second kappa shape index (κ2) is 10.5. The predicted molar refractivity (Wildman–Crippen MR) is 107 cm³/mol. The maximum Gasteiger partial charge on any atom is 0.188 e. The number of nitrogens with one attached hydrogen (secondary N) is 1. The first-order chi connectivity index (χ1) is 12.2. The van der Waals surface area contributed by atoms with Crippen molar-refractivity contribution in [2.24, 2.45) is 10.7 Å². The smallest absolute Gasteiger partial charge is 0.188 e. The number of guanidine groups is 1. The Kier molecular flexibility index (Phi) is 7.99. The summed E-state index contributed by atoms with van der Waals surface area (Å²) < 4.78 is 0. The van der Waals surface area contributed by atoms with E-state index >= 15 is 0 Å². The highest BCUT2D eigenvalue weighted by Gasteiger charge is 2.06. The lowest BCUT2D eigenvalue weighted by molar-refractivity contribution is 0.295. The predicted octanol–water partition coefficient (Wildman–Crippen LogP) is 3.18. The highest BCUT2D eigenvalue weighted by atomic mass is 15.1. The number of nitrogens with two attached hydrogens (primary N) is 1. The summed E-state index contributed by atoms with van der Waals surface area (Å²) in [4.78, 5) is 6.92. The summed E-state index contributed by atoms with van der Waals surface area (Å²) >= 11 is 0. The maximum absolute atomic E-state index is 6.02. The van der Waals surface area contributed by atoms with Gasteiger partial charge in [-0.3, -0.25) is 4.90 Å². The lowest BCUT2D eigenvalue weighted by Gasteiger charge is -2.19. The van der Waals surface area contributed by atoms with Crippen molar-refractivity contribution in [2.45, 2.75) is 33.4 Å². The van der Waals surface area contributed by atoms with E-state index in [4.69, 9.17) is 5.73 Å². The molecule has 2 rings (SSSR count). The Morgan fingerprint density at radius 2 is 1.60 bits per heavy atom. The molecule has 0 unspecified atom stereocenters. The largest absolute Gasteiger partial charge is 0.370 e. The van der Waals surface area contributed by atoms with E-state index in [0.29, 0.717) is 12.5 Å². The first kappa shape index (κ1) is 19.0. The number of hydrogen-bond donors (Lipinski definition) is 2. The zero-order valence-corrected chi connectivity index (χ0v) is 15.4. The minimum absolute atomic E-state index is 0.508. The summed E-state index contributed by atoms with van der Waals surface area (Å²) in [6, 6.07) is 18.9. The van der Waals surface area contributed by atoms with Gasteiger partial charge in [-0.1, -0.05) is 68.4 Å². The van der Waals surface area contributed by atoms with Crippen molar-refractivity contribution in [1.29, 1.82) is 0 Å². The summed E-state index contributed by atoms with van der Waals surface area (Å²) in [7, 11) is 0. The lowest BCUT2D eigenvalue weighted by atomic mass is 10.1. The highest BCUT2D eigenvalue weighted by molar-refractivity contribution is 5.77. The molecule has 0 radical (unpaired) electrons. The number of benzene rings is 2. The average molecular weight is 338 g/mol. The SMILES string of the molecule is CCN(CC)Cc1ccccc1CN=C(N)NCCc1ccccc1. The standard InChI is InChI=1S/C21H30N4/c1-3-25(4-2)17-20-13-9-8-12-19(20)16-24-21(22)23-15-14-18-10-6-5-7-11-18/h5-13H,3-4,14-17H2,1-2H3,(H3,22,23,24). The van der Waals surface area contributed by atoms with Crippen LogP contribution in [0.1, 0.15) is 30.5 Å². The third-order valence-electron chi connectivity index (χ3n) is 4.39. The quantitative estimate of drug-likeness (QED) is 0.545. The highest BCUT2D eigenvalue weighted by Crippen LogP contribution is 2.13. The molecule has 0 heterocycles. The van der Waals surface area contributed by atoms with Gasteiger partial charge in [-0.15, -0.1) is 0 Å². The van der Waals surface area contributed by atoms with Gasteiger partial charge in [-0.05, 0) is 36.2 Å². The molecule has 0 fully saturated rings. The number of rotatable bonds is 9. The monoisotopic (exact) mass is 338 g/mol. The van der Waals surface area contributed by atoms with Crippen molar-refractivity contribution >= 4 is 5.96 Å². The molecule has 0 atom stereocenters. The molecular formula is C21H30N4. The second-order valence-corrected chi connectivity index (χ2v) is 6.09. The fourth-order valence-corrected chi connectivity index (χ4v) is 2.76. The van der Waals surface area contributed by atoms with Crippen molar-refractivity contribution in [3.05, 3.63) is 71.3 Å². The van der Waals surface area contributed by atoms with Crippen LogP contribution < -0.4 is 11.1 Å².